The average Bonchev–Trinajstić information content (AvgIpc) is 3.13. The van der Waals surface area contributed by atoms with Crippen molar-refractivity contribution in [3.63, 3.8) is 0 Å². The first-order chi connectivity index (χ1) is 27.3. The van der Waals surface area contributed by atoms with E-state index in [1.807, 2.05) is 0 Å². The number of carbonyl (C=O) groups excluding carboxylic acids is 9. The SMILES string of the molecule is COC(=O)/C=C/c1ccc(OC2OC(C(=O)OC)C(OC(C)=O)C(OC(C)=O)C2OC(C)=O)c(OC2OC(C(=O)OC)C(OC(C)=O)C(OC(C)=O)C2OC(C)=O)c1. The van der Waals surface area contributed by atoms with Crippen LogP contribution in [0.1, 0.15) is 47.1 Å². The van der Waals surface area contributed by atoms with Gasteiger partial charge in [-0.05, 0) is 23.8 Å². The molecule has 3 rings (SSSR count). The summed E-state index contributed by atoms with van der Waals surface area (Å²) in [7, 11) is 3.10. The van der Waals surface area contributed by atoms with Gasteiger partial charge in [0.25, 0.3) is 0 Å². The lowest BCUT2D eigenvalue weighted by atomic mass is 9.97. The normalized spacial score (nSPS) is 26.4. The van der Waals surface area contributed by atoms with Crippen molar-refractivity contribution >= 4 is 59.8 Å². The minimum atomic E-state index is -1.94. The van der Waals surface area contributed by atoms with E-state index in [0.717, 1.165) is 68.9 Å². The first-order valence-electron chi connectivity index (χ1n) is 17.0. The highest BCUT2D eigenvalue weighted by Crippen LogP contribution is 2.38. The number of methoxy groups -OCH3 is 3. The molecule has 58 heavy (non-hydrogen) atoms. The van der Waals surface area contributed by atoms with Gasteiger partial charge in [-0.1, -0.05) is 6.07 Å². The number of benzene rings is 1. The molecule has 2 fully saturated rings. The number of ether oxygens (including phenoxy) is 13. The molecule has 1 aromatic carbocycles. The van der Waals surface area contributed by atoms with Crippen LogP contribution in [0.3, 0.4) is 0 Å². The van der Waals surface area contributed by atoms with Crippen LogP contribution < -0.4 is 9.47 Å². The Bertz CT molecular complexity index is 1770. The van der Waals surface area contributed by atoms with Crippen LogP contribution in [-0.2, 0) is 95.3 Å². The molecule has 0 aromatic heterocycles. The Morgan fingerprint density at radius 1 is 0.483 bits per heavy atom. The summed E-state index contributed by atoms with van der Waals surface area (Å²) in [5.74, 6) is -9.57. The molecule has 22 nitrogen and oxygen atoms in total. The van der Waals surface area contributed by atoms with Gasteiger partial charge in [-0.2, -0.15) is 0 Å². The molecule has 2 heterocycles. The summed E-state index contributed by atoms with van der Waals surface area (Å²) < 4.78 is 70.5. The van der Waals surface area contributed by atoms with Gasteiger partial charge >= 0.3 is 53.7 Å². The zero-order chi connectivity index (χ0) is 43.4. The van der Waals surface area contributed by atoms with Gasteiger partial charge in [-0.25, -0.2) is 14.4 Å². The number of rotatable bonds is 14. The summed E-state index contributed by atoms with van der Waals surface area (Å²) in [5.41, 5.74) is 0.202. The first kappa shape index (κ1) is 46.1. The zero-order valence-electron chi connectivity index (χ0n) is 32.6. The molecule has 0 radical (unpaired) electrons. The van der Waals surface area contributed by atoms with Crippen LogP contribution in [0.25, 0.3) is 6.08 Å². The second-order valence-corrected chi connectivity index (χ2v) is 12.1. The van der Waals surface area contributed by atoms with Crippen molar-refractivity contribution in [2.45, 2.75) is 103 Å². The minimum Gasteiger partial charge on any atom is -0.467 e. The van der Waals surface area contributed by atoms with Crippen molar-refractivity contribution in [1.82, 2.24) is 0 Å². The predicted octanol–water partition coefficient (Wildman–Crippen LogP) is 0.0164. The van der Waals surface area contributed by atoms with E-state index in [9.17, 15) is 43.2 Å². The molecule has 10 atom stereocenters. The number of hydrogen-bond donors (Lipinski definition) is 0. The molecule has 1 aromatic rings. The molecule has 22 heteroatoms. The van der Waals surface area contributed by atoms with Crippen molar-refractivity contribution in [3.8, 4) is 11.5 Å². The summed E-state index contributed by atoms with van der Waals surface area (Å²) in [6.45, 7) is 5.92. The smallest absolute Gasteiger partial charge is 0.339 e. The van der Waals surface area contributed by atoms with Crippen molar-refractivity contribution in [3.05, 3.63) is 29.8 Å². The monoisotopic (exact) mass is 826 g/mol. The highest BCUT2D eigenvalue weighted by atomic mass is 16.8. The van der Waals surface area contributed by atoms with E-state index in [2.05, 4.69) is 4.74 Å². The molecule has 0 N–H and O–H groups in total. The van der Waals surface area contributed by atoms with Crippen molar-refractivity contribution in [2.75, 3.05) is 21.3 Å². The molecule has 0 spiro atoms. The fourth-order valence-corrected chi connectivity index (χ4v) is 5.65. The maximum absolute atomic E-state index is 13.0. The lowest BCUT2D eigenvalue weighted by Gasteiger charge is -2.44. The molecule has 318 valence electrons. The van der Waals surface area contributed by atoms with Gasteiger partial charge in [0.2, 0.25) is 24.8 Å². The Labute approximate surface area is 330 Å². The standard InChI is InChI=1S/C36H42O22/c1-15(37)49-25-27(51-17(3)39)31(53-19(5)41)35(57-29(25)33(44)47-8)55-22-12-10-21(11-13-24(43)46-7)14-23(22)56-36-32(54-20(6)42)28(52-18(4)40)26(50-16(2)38)30(58-36)34(45)48-9/h10-14,25-32,35-36H,1-9H3/b13-11+. The lowest BCUT2D eigenvalue weighted by Crippen LogP contribution is -2.64. The Hall–Kier alpha value is -6.29. The average molecular weight is 827 g/mol. The summed E-state index contributed by atoms with van der Waals surface area (Å²) in [6, 6.07) is 3.82. The van der Waals surface area contributed by atoms with Crippen LogP contribution in [-0.4, -0.2) is 136 Å². The summed E-state index contributed by atoms with van der Waals surface area (Å²) in [5, 5.41) is 0. The van der Waals surface area contributed by atoms with E-state index < -0.39 is 121 Å². The molecular weight excluding hydrogens is 784 g/mol. The minimum absolute atomic E-state index is 0.202. The van der Waals surface area contributed by atoms with E-state index >= 15 is 0 Å². The fourth-order valence-electron chi connectivity index (χ4n) is 5.65. The molecule has 10 unspecified atom stereocenters. The van der Waals surface area contributed by atoms with Crippen molar-refractivity contribution in [2.24, 2.45) is 0 Å². The van der Waals surface area contributed by atoms with Crippen LogP contribution >= 0.6 is 0 Å². The van der Waals surface area contributed by atoms with Crippen LogP contribution in [0.4, 0.5) is 0 Å². The van der Waals surface area contributed by atoms with Gasteiger partial charge in [-0.3, -0.25) is 28.8 Å². The molecule has 0 saturated carbocycles. The summed E-state index contributed by atoms with van der Waals surface area (Å²) in [6.07, 6.45) is -15.9. The third-order valence-electron chi connectivity index (χ3n) is 7.74. The second-order valence-electron chi connectivity index (χ2n) is 12.1. The van der Waals surface area contributed by atoms with E-state index in [1.54, 1.807) is 0 Å². The Morgan fingerprint density at radius 3 is 1.21 bits per heavy atom. The number of carbonyl (C=O) groups is 9. The van der Waals surface area contributed by atoms with Gasteiger partial charge in [-0.15, -0.1) is 0 Å². The van der Waals surface area contributed by atoms with Crippen molar-refractivity contribution in [1.29, 1.82) is 0 Å². The van der Waals surface area contributed by atoms with E-state index in [1.165, 1.54) is 24.3 Å². The Kier molecular flexibility index (Phi) is 16.5. The number of esters is 9. The van der Waals surface area contributed by atoms with Gasteiger partial charge in [0.1, 0.15) is 0 Å². The second kappa shape index (κ2) is 20.8. The molecular formula is C36H42O22. The molecule has 0 aliphatic carbocycles. The van der Waals surface area contributed by atoms with Gasteiger partial charge in [0, 0.05) is 47.6 Å². The van der Waals surface area contributed by atoms with E-state index in [4.69, 9.17) is 56.8 Å². The van der Waals surface area contributed by atoms with Crippen LogP contribution in [0, 0.1) is 0 Å². The quantitative estimate of drug-likeness (QED) is 0.136. The zero-order valence-corrected chi connectivity index (χ0v) is 32.6. The fraction of sp³-hybridized carbons (Fsp3) is 0.528. The van der Waals surface area contributed by atoms with E-state index in [0.29, 0.717) is 0 Å². The molecule has 0 amide bonds. The largest absolute Gasteiger partial charge is 0.467 e. The summed E-state index contributed by atoms with van der Waals surface area (Å²) >= 11 is 0. The highest BCUT2D eigenvalue weighted by molar-refractivity contribution is 5.87. The molecule has 0 bridgehead atoms. The van der Waals surface area contributed by atoms with Gasteiger partial charge < -0.3 is 61.6 Å². The third kappa shape index (κ3) is 12.4. The molecule has 2 aliphatic rings. The van der Waals surface area contributed by atoms with Crippen LogP contribution in [0.5, 0.6) is 11.5 Å². The van der Waals surface area contributed by atoms with Crippen molar-refractivity contribution < 1.29 is 105 Å². The first-order valence-corrected chi connectivity index (χ1v) is 17.0. The van der Waals surface area contributed by atoms with Crippen LogP contribution in [0.15, 0.2) is 24.3 Å². The number of hydrogen-bond acceptors (Lipinski definition) is 22. The molecule has 2 aliphatic heterocycles. The third-order valence-corrected chi connectivity index (χ3v) is 7.74. The molecule has 2 saturated heterocycles. The van der Waals surface area contributed by atoms with Gasteiger partial charge in [0.15, 0.2) is 48.1 Å². The Balaban J connectivity index is 2.27. The maximum atomic E-state index is 13.0. The summed E-state index contributed by atoms with van der Waals surface area (Å²) in [4.78, 5) is 112. The van der Waals surface area contributed by atoms with Crippen LogP contribution in [0.2, 0.25) is 0 Å². The highest BCUT2D eigenvalue weighted by Gasteiger charge is 2.57. The topological polar surface area (TPSA) is 274 Å². The lowest BCUT2D eigenvalue weighted by molar-refractivity contribution is -0.286. The maximum Gasteiger partial charge on any atom is 0.339 e. The van der Waals surface area contributed by atoms with Gasteiger partial charge in [0.05, 0.1) is 21.3 Å². The van der Waals surface area contributed by atoms with E-state index in [-0.39, 0.29) is 11.3 Å². The Morgan fingerprint density at radius 2 is 0.845 bits per heavy atom. The predicted molar refractivity (Wildman–Crippen MR) is 183 cm³/mol.